The number of aryl methyl sites for hydroxylation is 1. The lowest BCUT2D eigenvalue weighted by Crippen LogP contribution is -2.34. The molecule has 0 fully saturated rings. The minimum atomic E-state index is 0.207. The molecule has 0 saturated carbocycles. The molecule has 0 aromatic heterocycles. The van der Waals surface area contributed by atoms with Gasteiger partial charge in [0.05, 0.1) is 0 Å². The number of hydrogen-bond acceptors (Lipinski definition) is 0. The van der Waals surface area contributed by atoms with E-state index in [1.165, 1.54) is 29.5 Å². The van der Waals surface area contributed by atoms with Gasteiger partial charge in [-0.1, -0.05) is 45.7 Å². The van der Waals surface area contributed by atoms with Crippen molar-refractivity contribution in [2.24, 2.45) is 0 Å². The molecule has 0 nitrogen and oxygen atoms in total. The summed E-state index contributed by atoms with van der Waals surface area (Å²) in [5, 5.41) is 0. The summed E-state index contributed by atoms with van der Waals surface area (Å²) in [6.07, 6.45) is 8.18. The van der Waals surface area contributed by atoms with Gasteiger partial charge in [-0.05, 0) is 47.3 Å². The molecule has 0 radical (unpaired) electrons. The highest BCUT2D eigenvalue weighted by Crippen LogP contribution is 2.47. The molecule has 1 aromatic carbocycles. The third-order valence-electron chi connectivity index (χ3n) is 4.34. The van der Waals surface area contributed by atoms with Crippen molar-refractivity contribution < 1.29 is 0 Å². The van der Waals surface area contributed by atoms with Gasteiger partial charge in [0.1, 0.15) is 0 Å². The molecule has 1 aliphatic rings. The van der Waals surface area contributed by atoms with Gasteiger partial charge < -0.3 is 0 Å². The quantitative estimate of drug-likeness (QED) is 0.578. The van der Waals surface area contributed by atoms with Crippen molar-refractivity contribution >= 4 is 0 Å². The smallest absolute Gasteiger partial charge is 0.0312 e. The first-order chi connectivity index (χ1) is 7.79. The maximum absolute atomic E-state index is 5.73. The van der Waals surface area contributed by atoms with Gasteiger partial charge in [0.2, 0.25) is 0 Å². The summed E-state index contributed by atoms with van der Waals surface area (Å²) >= 11 is 0. The molecule has 1 aliphatic carbocycles. The summed E-state index contributed by atoms with van der Waals surface area (Å²) in [6, 6.07) is 4.46. The molecule has 0 heterocycles. The number of hydrogen-bond donors (Lipinski definition) is 0. The zero-order valence-corrected chi connectivity index (χ0v) is 11.6. The van der Waals surface area contributed by atoms with Crippen LogP contribution < -0.4 is 0 Å². The van der Waals surface area contributed by atoms with Crippen molar-refractivity contribution in [2.75, 3.05) is 0 Å². The van der Waals surface area contributed by atoms with Crippen LogP contribution in [0.2, 0.25) is 0 Å². The molecule has 0 saturated heterocycles. The van der Waals surface area contributed by atoms with Crippen LogP contribution in [0.25, 0.3) is 0 Å². The third kappa shape index (κ3) is 1.78. The topological polar surface area (TPSA) is 0 Å². The lowest BCUT2D eigenvalue weighted by molar-refractivity contribution is 0.331. The van der Waals surface area contributed by atoms with Crippen molar-refractivity contribution in [3.05, 3.63) is 34.4 Å². The maximum Gasteiger partial charge on any atom is 0.0312 e. The summed E-state index contributed by atoms with van der Waals surface area (Å²) < 4.78 is 0. The normalized spacial score (nSPS) is 20.5. The lowest BCUT2D eigenvalue weighted by atomic mass is 9.61. The van der Waals surface area contributed by atoms with Crippen LogP contribution in [0.3, 0.4) is 0 Å². The summed E-state index contributed by atoms with van der Waals surface area (Å²) in [4.78, 5) is 0. The molecule has 0 bridgehead atoms. The zero-order valence-electron chi connectivity index (χ0n) is 11.6. The minimum Gasteiger partial charge on any atom is -0.115 e. The second-order valence-corrected chi connectivity index (χ2v) is 6.59. The second kappa shape index (κ2) is 3.64. The molecule has 1 aromatic rings. The van der Waals surface area contributed by atoms with Gasteiger partial charge in [-0.25, -0.2) is 0 Å². The first-order valence-electron chi connectivity index (χ1n) is 6.41. The number of fused-ring (bicyclic) bond motifs is 1. The van der Waals surface area contributed by atoms with E-state index in [0.29, 0.717) is 0 Å². The van der Waals surface area contributed by atoms with E-state index in [0.717, 1.165) is 5.56 Å². The molecule has 2 rings (SSSR count). The van der Waals surface area contributed by atoms with E-state index in [4.69, 9.17) is 6.42 Å². The Kier molecular flexibility index (Phi) is 2.62. The molecule has 90 valence electrons. The van der Waals surface area contributed by atoms with E-state index in [1.807, 2.05) is 0 Å². The highest BCUT2D eigenvalue weighted by atomic mass is 14.4. The van der Waals surface area contributed by atoms with Gasteiger partial charge >= 0.3 is 0 Å². The second-order valence-electron chi connectivity index (χ2n) is 6.59. The number of rotatable bonds is 0. The van der Waals surface area contributed by atoms with Crippen molar-refractivity contribution in [3.8, 4) is 12.3 Å². The monoisotopic (exact) mass is 226 g/mol. The predicted octanol–water partition coefficient (Wildman–Crippen LogP) is 4.33. The van der Waals surface area contributed by atoms with Gasteiger partial charge in [0.25, 0.3) is 0 Å². The Labute approximate surface area is 105 Å². The van der Waals surface area contributed by atoms with Crippen LogP contribution >= 0.6 is 0 Å². The van der Waals surface area contributed by atoms with Gasteiger partial charge in [0, 0.05) is 5.56 Å². The Morgan fingerprint density at radius 1 is 1.06 bits per heavy atom. The van der Waals surface area contributed by atoms with E-state index in [9.17, 15) is 0 Å². The van der Waals surface area contributed by atoms with E-state index >= 15 is 0 Å². The van der Waals surface area contributed by atoms with E-state index in [2.05, 4.69) is 52.7 Å². The molecular formula is C17H22. The minimum absolute atomic E-state index is 0.207. The molecule has 0 spiro atoms. The molecule has 0 N–H and O–H groups in total. The fourth-order valence-corrected chi connectivity index (χ4v) is 3.04. The summed E-state index contributed by atoms with van der Waals surface area (Å²) in [5.74, 6) is 2.92. The van der Waals surface area contributed by atoms with Crippen molar-refractivity contribution in [1.29, 1.82) is 0 Å². The highest BCUT2D eigenvalue weighted by molar-refractivity contribution is 5.55. The first kappa shape index (κ1) is 12.2. The third-order valence-corrected chi connectivity index (χ3v) is 4.34. The van der Waals surface area contributed by atoms with Crippen molar-refractivity contribution in [1.82, 2.24) is 0 Å². The average molecular weight is 226 g/mol. The van der Waals surface area contributed by atoms with Crippen LogP contribution in [0.4, 0.5) is 0 Å². The van der Waals surface area contributed by atoms with E-state index in [1.54, 1.807) is 0 Å². The molecule has 0 unspecified atom stereocenters. The van der Waals surface area contributed by atoms with Crippen molar-refractivity contribution in [3.63, 3.8) is 0 Å². The predicted molar refractivity (Wildman–Crippen MR) is 74.4 cm³/mol. The van der Waals surface area contributed by atoms with Crippen LogP contribution in [-0.2, 0) is 10.8 Å². The molecule has 0 atom stereocenters. The van der Waals surface area contributed by atoms with Gasteiger partial charge in [-0.3, -0.25) is 0 Å². The molecule has 0 aliphatic heterocycles. The standard InChI is InChI=1S/C17H22/c1-7-13-12(2)8-9-14-15(13)17(5,6)11-10-16(14,3)4/h1,8-9H,10-11H2,2-6H3. The largest absolute Gasteiger partial charge is 0.115 e. The molecule has 0 heteroatoms. The van der Waals surface area contributed by atoms with Crippen LogP contribution in [0, 0.1) is 19.3 Å². The Morgan fingerprint density at radius 3 is 2.24 bits per heavy atom. The molecular weight excluding hydrogens is 204 g/mol. The number of terminal acetylenes is 1. The SMILES string of the molecule is C#Cc1c(C)ccc2c1C(C)(C)CCC2(C)C. The highest BCUT2D eigenvalue weighted by Gasteiger charge is 2.38. The summed E-state index contributed by atoms with van der Waals surface area (Å²) in [7, 11) is 0. The van der Waals surface area contributed by atoms with Crippen LogP contribution in [0.5, 0.6) is 0 Å². The van der Waals surface area contributed by atoms with Gasteiger partial charge in [-0.15, -0.1) is 6.42 Å². The Hall–Kier alpha value is -1.22. The van der Waals surface area contributed by atoms with Crippen LogP contribution in [0.1, 0.15) is 62.8 Å². The van der Waals surface area contributed by atoms with E-state index in [-0.39, 0.29) is 10.8 Å². The fraction of sp³-hybridized carbons (Fsp3) is 0.529. The molecule has 17 heavy (non-hydrogen) atoms. The fourth-order valence-electron chi connectivity index (χ4n) is 3.04. The zero-order chi connectivity index (χ0) is 12.8. The summed E-state index contributed by atoms with van der Waals surface area (Å²) in [5.41, 5.74) is 5.68. The van der Waals surface area contributed by atoms with Crippen LogP contribution in [-0.4, -0.2) is 0 Å². The van der Waals surface area contributed by atoms with Crippen molar-refractivity contribution in [2.45, 2.75) is 58.3 Å². The molecule has 0 amide bonds. The Balaban J connectivity index is 2.82. The lowest BCUT2D eigenvalue weighted by Gasteiger charge is -2.42. The van der Waals surface area contributed by atoms with Gasteiger partial charge in [0.15, 0.2) is 0 Å². The van der Waals surface area contributed by atoms with Gasteiger partial charge in [-0.2, -0.15) is 0 Å². The number of benzene rings is 1. The Morgan fingerprint density at radius 2 is 1.65 bits per heavy atom. The van der Waals surface area contributed by atoms with Crippen LogP contribution in [0.15, 0.2) is 12.1 Å². The Bertz CT molecular complexity index is 496. The first-order valence-corrected chi connectivity index (χ1v) is 6.41. The maximum atomic E-state index is 5.73. The summed E-state index contributed by atoms with van der Waals surface area (Å²) in [6.45, 7) is 11.4. The van der Waals surface area contributed by atoms with E-state index < -0.39 is 0 Å². The average Bonchev–Trinajstić information content (AvgIpc) is 2.24.